The number of ether oxygens (including phenoxy) is 1. The number of thioether (sulfide) groups is 1. The number of carbonyl (C=O) groups excluding carboxylic acids is 1. The number of anilines is 1. The van der Waals surface area contributed by atoms with Crippen LogP contribution in [-0.2, 0) is 10.5 Å². The third kappa shape index (κ3) is 4.30. The average Bonchev–Trinajstić information content (AvgIpc) is 3.26. The first-order chi connectivity index (χ1) is 15.4. The summed E-state index contributed by atoms with van der Waals surface area (Å²) in [6.45, 7) is 5.76. The number of nitrogens with two attached hydrogens (primary N) is 1. The standard InChI is InChI=1S/C20H21N7O4S/c1-4-30-20(29)22-14-5-6-15-13(8-17(28)31-16(15)9-14)10-32-19-24-23-18(26(19)21)27-12(3)7-11(2)25-27/h5-9H,4,10,21H2,1-3H3,(H,22,29). The predicted molar refractivity (Wildman–Crippen MR) is 119 cm³/mol. The molecule has 0 atom stereocenters. The van der Waals surface area contributed by atoms with Crippen molar-refractivity contribution in [2.24, 2.45) is 0 Å². The summed E-state index contributed by atoms with van der Waals surface area (Å²) >= 11 is 1.33. The van der Waals surface area contributed by atoms with Gasteiger partial charge in [0.1, 0.15) is 5.58 Å². The SMILES string of the molecule is CCOC(=O)Nc1ccc2c(CSc3nnc(-n4nc(C)cc4C)n3N)cc(=O)oc2c1. The van der Waals surface area contributed by atoms with Gasteiger partial charge in [0, 0.05) is 34.7 Å². The van der Waals surface area contributed by atoms with Crippen molar-refractivity contribution in [3.8, 4) is 5.95 Å². The molecule has 0 saturated heterocycles. The molecule has 3 heterocycles. The van der Waals surface area contributed by atoms with Crippen LogP contribution in [0.25, 0.3) is 16.9 Å². The number of hydrogen-bond acceptors (Lipinski definition) is 9. The van der Waals surface area contributed by atoms with Crippen LogP contribution in [0.4, 0.5) is 10.5 Å². The Morgan fingerprint density at radius 1 is 1.25 bits per heavy atom. The van der Waals surface area contributed by atoms with E-state index in [-0.39, 0.29) is 6.61 Å². The summed E-state index contributed by atoms with van der Waals surface area (Å²) in [7, 11) is 0. The first kappa shape index (κ1) is 21.4. The van der Waals surface area contributed by atoms with E-state index in [0.29, 0.717) is 28.1 Å². The van der Waals surface area contributed by atoms with Gasteiger partial charge in [-0.1, -0.05) is 11.8 Å². The van der Waals surface area contributed by atoms with E-state index in [4.69, 9.17) is 15.0 Å². The number of carbonyl (C=O) groups is 1. The van der Waals surface area contributed by atoms with E-state index >= 15 is 0 Å². The summed E-state index contributed by atoms with van der Waals surface area (Å²) in [5, 5.41) is 16.5. The number of rotatable bonds is 6. The van der Waals surface area contributed by atoms with Gasteiger partial charge in [0.25, 0.3) is 5.95 Å². The van der Waals surface area contributed by atoms with E-state index in [1.807, 2.05) is 19.9 Å². The number of nitrogen functional groups attached to an aromatic ring is 1. The molecule has 3 N–H and O–H groups in total. The molecule has 3 aromatic heterocycles. The minimum Gasteiger partial charge on any atom is -0.450 e. The molecule has 4 aromatic rings. The Balaban J connectivity index is 1.58. The van der Waals surface area contributed by atoms with Crippen molar-refractivity contribution in [1.29, 1.82) is 0 Å². The van der Waals surface area contributed by atoms with Crippen molar-refractivity contribution in [3.05, 3.63) is 57.7 Å². The van der Waals surface area contributed by atoms with Crippen molar-refractivity contribution in [1.82, 2.24) is 24.7 Å². The number of nitrogens with one attached hydrogen (secondary N) is 1. The van der Waals surface area contributed by atoms with Crippen LogP contribution in [0.1, 0.15) is 23.9 Å². The highest BCUT2D eigenvalue weighted by Crippen LogP contribution is 2.27. The first-order valence-electron chi connectivity index (χ1n) is 9.73. The monoisotopic (exact) mass is 455 g/mol. The molecule has 166 valence electrons. The fourth-order valence-electron chi connectivity index (χ4n) is 3.20. The van der Waals surface area contributed by atoms with Crippen molar-refractivity contribution < 1.29 is 13.9 Å². The van der Waals surface area contributed by atoms with Crippen LogP contribution >= 0.6 is 11.8 Å². The van der Waals surface area contributed by atoms with Crippen LogP contribution in [-0.4, -0.2) is 37.4 Å². The molecule has 0 spiro atoms. The average molecular weight is 456 g/mol. The summed E-state index contributed by atoms with van der Waals surface area (Å²) in [5.74, 6) is 6.98. The molecule has 1 aromatic carbocycles. The van der Waals surface area contributed by atoms with E-state index in [9.17, 15) is 9.59 Å². The molecule has 1 amide bonds. The number of benzene rings is 1. The van der Waals surface area contributed by atoms with E-state index in [1.165, 1.54) is 22.5 Å². The maximum Gasteiger partial charge on any atom is 0.411 e. The molecular weight excluding hydrogens is 434 g/mol. The minimum absolute atomic E-state index is 0.253. The van der Waals surface area contributed by atoms with Crippen molar-refractivity contribution >= 4 is 34.5 Å². The molecule has 0 aliphatic heterocycles. The lowest BCUT2D eigenvalue weighted by Gasteiger charge is -2.08. The lowest BCUT2D eigenvalue weighted by atomic mass is 10.1. The number of amides is 1. The van der Waals surface area contributed by atoms with Crippen LogP contribution < -0.4 is 16.8 Å². The van der Waals surface area contributed by atoms with E-state index in [0.717, 1.165) is 22.3 Å². The third-order valence-electron chi connectivity index (χ3n) is 4.55. The minimum atomic E-state index is -0.582. The largest absolute Gasteiger partial charge is 0.450 e. The Labute approximate surface area is 186 Å². The lowest BCUT2D eigenvalue weighted by Crippen LogP contribution is -2.17. The highest BCUT2D eigenvalue weighted by molar-refractivity contribution is 7.98. The molecule has 0 unspecified atom stereocenters. The second-order valence-corrected chi connectivity index (χ2v) is 7.87. The van der Waals surface area contributed by atoms with Gasteiger partial charge in [-0.05, 0) is 44.5 Å². The van der Waals surface area contributed by atoms with Gasteiger partial charge in [-0.25, -0.2) is 18.9 Å². The Bertz CT molecular complexity index is 1360. The molecule has 0 fully saturated rings. The number of aryl methyl sites for hydroxylation is 2. The molecule has 0 saturated carbocycles. The molecule has 0 aliphatic rings. The maximum atomic E-state index is 12.1. The van der Waals surface area contributed by atoms with Crippen molar-refractivity contribution in [2.45, 2.75) is 31.7 Å². The van der Waals surface area contributed by atoms with Gasteiger partial charge in [-0.15, -0.1) is 10.2 Å². The van der Waals surface area contributed by atoms with E-state index < -0.39 is 11.7 Å². The van der Waals surface area contributed by atoms with Gasteiger partial charge in [-0.2, -0.15) is 5.10 Å². The first-order valence-corrected chi connectivity index (χ1v) is 10.7. The normalized spacial score (nSPS) is 11.1. The van der Waals surface area contributed by atoms with Crippen LogP contribution in [0.5, 0.6) is 0 Å². The fourth-order valence-corrected chi connectivity index (χ4v) is 4.04. The Morgan fingerprint density at radius 3 is 2.78 bits per heavy atom. The van der Waals surface area contributed by atoms with Crippen LogP contribution in [0.15, 0.2) is 44.7 Å². The Morgan fingerprint density at radius 2 is 2.06 bits per heavy atom. The predicted octanol–water partition coefficient (Wildman–Crippen LogP) is 2.76. The maximum absolute atomic E-state index is 12.1. The highest BCUT2D eigenvalue weighted by Gasteiger charge is 2.16. The van der Waals surface area contributed by atoms with Gasteiger partial charge in [0.05, 0.1) is 12.3 Å². The van der Waals surface area contributed by atoms with Gasteiger partial charge in [0.2, 0.25) is 5.16 Å². The van der Waals surface area contributed by atoms with Gasteiger partial charge in [-0.3, -0.25) is 5.32 Å². The zero-order valence-corrected chi connectivity index (χ0v) is 18.5. The number of nitrogens with zero attached hydrogens (tertiary/aromatic N) is 5. The van der Waals surface area contributed by atoms with Crippen molar-refractivity contribution in [2.75, 3.05) is 17.8 Å². The van der Waals surface area contributed by atoms with Gasteiger partial charge < -0.3 is 15.0 Å². The van der Waals surface area contributed by atoms with Crippen LogP contribution in [0.3, 0.4) is 0 Å². The Hall–Kier alpha value is -3.80. The van der Waals surface area contributed by atoms with Gasteiger partial charge in [0.15, 0.2) is 0 Å². The molecular formula is C20H21N7O4S. The summed E-state index contributed by atoms with van der Waals surface area (Å²) in [4.78, 5) is 23.7. The topological polar surface area (TPSA) is 143 Å². The highest BCUT2D eigenvalue weighted by atomic mass is 32.2. The molecule has 0 bridgehead atoms. The molecule has 12 heteroatoms. The molecule has 11 nitrogen and oxygen atoms in total. The fraction of sp³-hybridized carbons (Fsp3) is 0.250. The van der Waals surface area contributed by atoms with E-state index in [1.54, 1.807) is 29.8 Å². The summed E-state index contributed by atoms with van der Waals surface area (Å²) in [6.07, 6.45) is -0.582. The Kier molecular flexibility index (Phi) is 5.86. The summed E-state index contributed by atoms with van der Waals surface area (Å²) in [6, 6.07) is 8.40. The zero-order valence-electron chi connectivity index (χ0n) is 17.7. The number of fused-ring (bicyclic) bond motifs is 1. The molecule has 4 rings (SSSR count). The lowest BCUT2D eigenvalue weighted by molar-refractivity contribution is 0.168. The summed E-state index contributed by atoms with van der Waals surface area (Å²) in [5.41, 5.74) is 2.77. The number of aromatic nitrogens is 5. The number of hydrogen-bond donors (Lipinski definition) is 2. The van der Waals surface area contributed by atoms with E-state index in [2.05, 4.69) is 20.6 Å². The quantitative estimate of drug-likeness (QED) is 0.255. The second-order valence-electron chi connectivity index (χ2n) is 6.93. The molecule has 0 aliphatic carbocycles. The van der Waals surface area contributed by atoms with Crippen LogP contribution in [0, 0.1) is 13.8 Å². The van der Waals surface area contributed by atoms with Gasteiger partial charge >= 0.3 is 11.7 Å². The molecule has 0 radical (unpaired) electrons. The second kappa shape index (κ2) is 8.75. The zero-order chi connectivity index (χ0) is 22.8. The smallest absolute Gasteiger partial charge is 0.411 e. The summed E-state index contributed by atoms with van der Waals surface area (Å²) < 4.78 is 13.2. The van der Waals surface area contributed by atoms with Crippen molar-refractivity contribution in [3.63, 3.8) is 0 Å². The molecule has 32 heavy (non-hydrogen) atoms. The van der Waals surface area contributed by atoms with Crippen LogP contribution in [0.2, 0.25) is 0 Å². The third-order valence-corrected chi connectivity index (χ3v) is 5.55.